The van der Waals surface area contributed by atoms with E-state index in [9.17, 15) is 29.7 Å². The fourth-order valence-electron chi connectivity index (χ4n) is 22.2. The molecule has 13 nitrogen and oxygen atoms in total. The van der Waals surface area contributed by atoms with Crippen molar-refractivity contribution in [2.45, 2.75) is 234 Å². The molecule has 3 N–H and O–H groups in total. The van der Waals surface area contributed by atoms with Crippen molar-refractivity contribution in [2.24, 2.45) is 0 Å². The zero-order chi connectivity index (χ0) is 98.1. The first kappa shape index (κ1) is 95.3. The van der Waals surface area contributed by atoms with Crippen molar-refractivity contribution in [3.8, 4) is 35.5 Å². The molecule has 18 rings (SSSR count). The van der Waals surface area contributed by atoms with E-state index in [0.29, 0.717) is 33.4 Å². The average Bonchev–Trinajstić information content (AvgIpc) is 1.59. The molecule has 0 amide bonds. The summed E-state index contributed by atoms with van der Waals surface area (Å²) < 4.78 is 7.01. The van der Waals surface area contributed by atoms with E-state index in [1.54, 1.807) is 0 Å². The predicted molar refractivity (Wildman–Crippen MR) is 569 cm³/mol. The van der Waals surface area contributed by atoms with Crippen molar-refractivity contribution in [2.75, 3.05) is 58.9 Å². The van der Waals surface area contributed by atoms with Crippen LogP contribution in [-0.4, -0.2) is 103 Å². The summed E-state index contributed by atoms with van der Waals surface area (Å²) in [6, 6.07) is 70.0. The minimum atomic E-state index is -0.530. The van der Waals surface area contributed by atoms with E-state index in [0.717, 1.165) is 252 Å². The van der Waals surface area contributed by atoms with Gasteiger partial charge in [-0.2, -0.15) is 13.7 Å². The number of nitrogens with zero attached hydrogens (tertiary/aromatic N) is 7. The maximum absolute atomic E-state index is 14.5. The number of aliphatic hydroxyl groups excluding tert-OH is 3. The number of aliphatic hydroxyl groups is 3. The lowest BCUT2D eigenvalue weighted by molar-refractivity contribution is -0.438. The van der Waals surface area contributed by atoms with Gasteiger partial charge in [-0.1, -0.05) is 212 Å². The Morgan fingerprint density at radius 1 is 0.288 bits per heavy atom. The lowest BCUT2D eigenvalue weighted by atomic mass is 9.77. The molecule has 9 aliphatic rings. The van der Waals surface area contributed by atoms with E-state index in [1.165, 1.54) is 16.7 Å². The summed E-state index contributed by atoms with van der Waals surface area (Å²) in [6.07, 6.45) is 23.6. The van der Waals surface area contributed by atoms with Gasteiger partial charge in [-0.15, -0.1) is 0 Å². The standard InChI is InChI=1S/C126H129N7O6/c1-19-25-67-127-103-40-34-31-37-97(103)121(7,8)109(127)76-91-115(134)94(116(91)135)79-112-124(13,14)100-73-85(55-64-106(100)130(112)70-28-22-4)46-43-82-49-58-88(59-50-82)133(89-60-51-83(52-61-89)44-47-86-56-65-107-101(74-86)125(15,16)113(131(107)71-29-23-5)80-95-117(136)92(118(95)137)77-110-122(9,10)98-38-32-35-41-104(98)128(110)68-26-20-2)90-62-53-84(54-63-90)45-48-87-57-66-108-102(75-87)126(17,18)114(132(108)72-30-24-6)81-96-119(138)93(120(96)139)78-111-123(11,12)99-39-33-36-42-105(99)129(111)69-27-21-3/h31-42,49-66,73-81H,19-30,67-72H2,1-18H3/p+3. The molecule has 0 radical (unpaired) electrons. The van der Waals surface area contributed by atoms with Crippen LogP contribution in [0.3, 0.4) is 0 Å². The van der Waals surface area contributed by atoms with E-state index in [2.05, 4.69) is 394 Å². The molecule has 704 valence electrons. The molecular formula is C126H132N7O6+3. The third kappa shape index (κ3) is 16.8. The topological polar surface area (TPSA) is 134 Å². The number of ketones is 3. The number of carbonyl (C=O) groups excluding carboxylic acids is 3. The first-order chi connectivity index (χ1) is 66.7. The van der Waals surface area contributed by atoms with E-state index in [1.807, 2.05) is 36.5 Å². The van der Waals surface area contributed by atoms with Crippen LogP contribution in [0.15, 0.2) is 304 Å². The quantitative estimate of drug-likeness (QED) is 0.0260. The molecule has 0 fully saturated rings. The Hall–Kier alpha value is -14.1. The predicted octanol–water partition coefficient (Wildman–Crippen LogP) is 27.3. The molecule has 0 saturated heterocycles. The molecule has 9 aromatic rings. The highest BCUT2D eigenvalue weighted by atomic mass is 16.3. The Balaban J connectivity index is 0.635. The second-order valence-electron chi connectivity index (χ2n) is 41.9. The molecule has 0 bridgehead atoms. The maximum atomic E-state index is 14.5. The summed E-state index contributed by atoms with van der Waals surface area (Å²) in [5.74, 6) is 20.9. The number of hydrogen-bond acceptors (Lipinski definition) is 10. The molecule has 0 unspecified atom stereocenters. The lowest BCUT2D eigenvalue weighted by Crippen LogP contribution is -2.32. The highest BCUT2D eigenvalue weighted by Crippen LogP contribution is 2.55. The molecule has 0 saturated carbocycles. The second-order valence-corrected chi connectivity index (χ2v) is 41.9. The van der Waals surface area contributed by atoms with E-state index in [-0.39, 0.29) is 50.9 Å². The molecular weight excluding hydrogens is 1710 g/mol. The number of fused-ring (bicyclic) bond motifs is 6. The summed E-state index contributed by atoms with van der Waals surface area (Å²) >= 11 is 0. The normalized spacial score (nSPS) is 19.6. The van der Waals surface area contributed by atoms with Gasteiger partial charge < -0.3 is 34.9 Å². The van der Waals surface area contributed by atoms with E-state index >= 15 is 0 Å². The molecule has 6 heterocycles. The summed E-state index contributed by atoms with van der Waals surface area (Å²) in [6.45, 7) is 44.4. The van der Waals surface area contributed by atoms with Gasteiger partial charge in [-0.05, 0) is 223 Å². The number of hydrogen-bond donors (Lipinski definition) is 3. The van der Waals surface area contributed by atoms with Crippen LogP contribution in [-0.2, 0) is 46.9 Å². The van der Waals surface area contributed by atoms with Gasteiger partial charge in [0.1, 0.15) is 36.9 Å². The molecule has 0 atom stereocenters. The Labute approximate surface area is 823 Å². The van der Waals surface area contributed by atoms with Crippen LogP contribution in [0.2, 0.25) is 0 Å². The van der Waals surface area contributed by atoms with Crippen molar-refractivity contribution in [1.82, 2.24) is 0 Å². The largest absolute Gasteiger partial charge is 0.506 e. The number of benzene rings is 9. The van der Waals surface area contributed by atoms with Crippen molar-refractivity contribution >= 4 is 85.7 Å². The van der Waals surface area contributed by atoms with Crippen molar-refractivity contribution < 1.29 is 43.4 Å². The molecule has 0 spiro atoms. The minimum absolute atomic E-state index is 0.0398. The van der Waals surface area contributed by atoms with Crippen LogP contribution in [0.25, 0.3) is 0 Å². The van der Waals surface area contributed by atoms with Crippen molar-refractivity contribution in [3.63, 3.8) is 0 Å². The monoisotopic (exact) mass is 1840 g/mol. The van der Waals surface area contributed by atoms with Gasteiger partial charge in [0.15, 0.2) is 17.1 Å². The second kappa shape index (κ2) is 37.7. The summed E-state index contributed by atoms with van der Waals surface area (Å²) in [5, 5.41) is 36.0. The van der Waals surface area contributed by atoms with E-state index < -0.39 is 16.2 Å². The van der Waals surface area contributed by atoms with Gasteiger partial charge in [0, 0.05) is 193 Å². The summed E-state index contributed by atoms with van der Waals surface area (Å²) in [5.41, 5.74) is 27.0. The Kier molecular flexibility index (Phi) is 25.8. The zero-order valence-electron chi connectivity index (χ0n) is 84.4. The number of carbonyl (C=O) groups is 3. The number of allylic oxidation sites excluding steroid dienone is 15. The van der Waals surface area contributed by atoms with Gasteiger partial charge in [0.05, 0.1) is 49.7 Å². The first-order valence-electron chi connectivity index (χ1n) is 50.7. The molecule has 9 aromatic carbocycles. The van der Waals surface area contributed by atoms with E-state index in [4.69, 9.17) is 0 Å². The SMILES string of the molecule is CCCCN1/C(=C/C2=C(O)C(=C/C3=[N+](CCCC)c4ccccc4C3(C)C)/C2=O)C(C)(C)c2cc(C#Cc3ccc(N(c4ccc(C#Cc5ccc6c(c5)C(C)(C)/C(=C\C5=C(O)C(=C/C7=[N+](CCCC)c8ccccc8C7(C)C)/C5=O)N6CCCC)cc4)c4ccc(C#Cc5ccc6c(c5)C(C)(C)/C(=C\C5=C(O)C(=C/C7=[N+](CCCC)c8ccccc8C7(C)C)/C5=O)N6CCCC)cc4)cc3)ccc21. The fourth-order valence-corrected chi connectivity index (χ4v) is 22.2. The molecule has 0 aromatic heterocycles. The third-order valence-electron chi connectivity index (χ3n) is 30.6. The zero-order valence-corrected chi connectivity index (χ0v) is 84.4. The van der Waals surface area contributed by atoms with Crippen LogP contribution >= 0.6 is 0 Å². The highest BCUT2D eigenvalue weighted by molar-refractivity contribution is 6.26. The average molecular weight is 1840 g/mol. The van der Waals surface area contributed by atoms with Gasteiger partial charge in [0.2, 0.25) is 34.4 Å². The van der Waals surface area contributed by atoms with Crippen LogP contribution in [0, 0.1) is 35.5 Å². The lowest BCUT2D eigenvalue weighted by Gasteiger charge is -2.29. The Bertz CT molecular complexity index is 6550. The van der Waals surface area contributed by atoms with Crippen LogP contribution in [0.5, 0.6) is 0 Å². The minimum Gasteiger partial charge on any atom is -0.506 e. The molecule has 6 aliphatic heterocycles. The van der Waals surface area contributed by atoms with Crippen LogP contribution in [0.1, 0.15) is 268 Å². The smallest absolute Gasteiger partial charge is 0.209 e. The summed E-state index contributed by atoms with van der Waals surface area (Å²) in [4.78, 5) is 52.7. The van der Waals surface area contributed by atoms with Gasteiger partial charge in [0.25, 0.3) is 0 Å². The van der Waals surface area contributed by atoms with Crippen LogP contribution < -0.4 is 19.6 Å². The molecule has 139 heavy (non-hydrogen) atoms. The van der Waals surface area contributed by atoms with Crippen molar-refractivity contribution in [1.29, 1.82) is 0 Å². The van der Waals surface area contributed by atoms with Crippen LogP contribution in [0.4, 0.5) is 51.2 Å². The number of para-hydroxylation sites is 3. The van der Waals surface area contributed by atoms with Gasteiger partial charge in [-0.25, -0.2) is 0 Å². The summed E-state index contributed by atoms with van der Waals surface area (Å²) in [7, 11) is 0. The maximum Gasteiger partial charge on any atom is 0.209 e. The van der Waals surface area contributed by atoms with Crippen molar-refractivity contribution in [3.05, 3.63) is 371 Å². The molecule has 13 heteroatoms. The molecule has 3 aliphatic carbocycles. The number of unbranched alkanes of at least 4 members (excludes halogenated alkanes) is 6. The first-order valence-corrected chi connectivity index (χ1v) is 50.7. The third-order valence-corrected chi connectivity index (χ3v) is 30.6. The number of anilines is 6. The van der Waals surface area contributed by atoms with Gasteiger partial charge in [-0.3, -0.25) is 14.4 Å². The Morgan fingerprint density at radius 3 is 0.770 bits per heavy atom. The van der Waals surface area contributed by atoms with Gasteiger partial charge >= 0.3 is 0 Å². The fraction of sp³-hybridized carbons (Fsp3) is 0.333. The Morgan fingerprint density at radius 2 is 0.525 bits per heavy atom. The number of Topliss-reactive ketones (excluding diaryl/α,β-unsaturated/α-hetero) is 3. The number of rotatable bonds is 27. The highest BCUT2D eigenvalue weighted by Gasteiger charge is 2.53.